The van der Waals surface area contributed by atoms with Crippen molar-refractivity contribution in [3.05, 3.63) is 68.4 Å². The van der Waals surface area contributed by atoms with Crippen LogP contribution in [0.15, 0.2) is 68.4 Å². The van der Waals surface area contributed by atoms with E-state index in [1.54, 1.807) is 22.3 Å². The highest BCUT2D eigenvalue weighted by Gasteiger charge is 2.44. The van der Waals surface area contributed by atoms with Crippen molar-refractivity contribution in [1.29, 1.82) is 0 Å². The van der Waals surface area contributed by atoms with E-state index in [2.05, 4.69) is 79.0 Å². The average molecular weight is 402 g/mol. The summed E-state index contributed by atoms with van der Waals surface area (Å²) in [5, 5.41) is 0. The molecule has 4 rings (SSSR count). The molecule has 0 aromatic carbocycles. The zero-order valence-corrected chi connectivity index (χ0v) is 15.6. The number of rotatable bonds is 1. The monoisotopic (exact) mass is 402 g/mol. The van der Waals surface area contributed by atoms with Crippen LogP contribution in [0.4, 0.5) is 0 Å². The first-order valence-corrected chi connectivity index (χ1v) is 9.50. The molecule has 0 aliphatic heterocycles. The van der Waals surface area contributed by atoms with E-state index >= 15 is 0 Å². The number of hydrogen-bond acceptors (Lipinski definition) is 0. The topological polar surface area (TPSA) is 0 Å². The van der Waals surface area contributed by atoms with Crippen LogP contribution in [0.2, 0.25) is 0 Å². The van der Waals surface area contributed by atoms with E-state index in [4.69, 9.17) is 0 Å². The molecule has 4 aliphatic carbocycles. The van der Waals surface area contributed by atoms with E-state index in [9.17, 15) is 0 Å². The Kier molecular flexibility index (Phi) is 3.60. The van der Waals surface area contributed by atoms with Gasteiger partial charge in [0.05, 0.1) is 0 Å². The molecule has 0 nitrogen and oxygen atoms in total. The molecule has 0 aromatic heterocycles. The summed E-state index contributed by atoms with van der Waals surface area (Å²) in [4.78, 5) is 0. The second kappa shape index (κ2) is 5.36. The van der Waals surface area contributed by atoms with E-state index in [-0.39, 0.29) is 5.41 Å². The van der Waals surface area contributed by atoms with Crippen molar-refractivity contribution in [3.63, 3.8) is 0 Å². The Morgan fingerprint density at radius 2 is 2.14 bits per heavy atom. The van der Waals surface area contributed by atoms with Gasteiger partial charge < -0.3 is 0 Å². The first-order valence-electron chi connectivity index (χ1n) is 8.42. The molecule has 0 spiro atoms. The Labute approximate surface area is 147 Å². The van der Waals surface area contributed by atoms with E-state index in [1.165, 1.54) is 29.3 Å². The number of fused-ring (bicyclic) bond motifs is 2. The third-order valence-corrected chi connectivity index (χ3v) is 6.62. The molecule has 0 N–H and O–H groups in total. The van der Waals surface area contributed by atoms with Gasteiger partial charge in [-0.3, -0.25) is 0 Å². The Morgan fingerprint density at radius 3 is 2.91 bits per heavy atom. The quantitative estimate of drug-likeness (QED) is 0.443. The Bertz CT molecular complexity index is 691. The van der Waals surface area contributed by atoms with Gasteiger partial charge in [0.2, 0.25) is 0 Å². The normalized spacial score (nSPS) is 32.2. The van der Waals surface area contributed by atoms with Crippen LogP contribution in [0, 0.1) is 17.3 Å². The minimum atomic E-state index is 0.235. The molecule has 2 atom stereocenters. The predicted molar refractivity (Wildman–Crippen MR) is 103 cm³/mol. The molecule has 4 aliphatic rings. The SMILES string of the molecule is CC1(C)C2=CC(I)=CCC2C2=C1C[C@@H](C1=CC=CCC1)C=C2. The van der Waals surface area contributed by atoms with E-state index in [0.29, 0.717) is 11.8 Å². The van der Waals surface area contributed by atoms with Crippen molar-refractivity contribution in [1.82, 2.24) is 0 Å². The largest absolute Gasteiger partial charge is 0.0842 e. The molecule has 0 fully saturated rings. The first kappa shape index (κ1) is 14.7. The average Bonchev–Trinajstić information content (AvgIpc) is 2.76. The zero-order valence-electron chi connectivity index (χ0n) is 13.4. The van der Waals surface area contributed by atoms with Gasteiger partial charge in [0.15, 0.2) is 0 Å². The molecule has 0 heterocycles. The first-order chi connectivity index (χ1) is 10.6. The maximum Gasteiger partial charge on any atom is 0.00950 e. The van der Waals surface area contributed by atoms with Gasteiger partial charge in [-0.15, -0.1) is 0 Å². The van der Waals surface area contributed by atoms with Gasteiger partial charge >= 0.3 is 0 Å². The van der Waals surface area contributed by atoms with E-state index in [1.807, 2.05) is 0 Å². The van der Waals surface area contributed by atoms with Gasteiger partial charge in [0, 0.05) is 20.8 Å². The van der Waals surface area contributed by atoms with Crippen molar-refractivity contribution in [2.24, 2.45) is 17.3 Å². The lowest BCUT2D eigenvalue weighted by Crippen LogP contribution is -2.19. The van der Waals surface area contributed by atoms with Gasteiger partial charge in [-0.2, -0.15) is 0 Å². The molecule has 0 bridgehead atoms. The lowest BCUT2D eigenvalue weighted by molar-refractivity contribution is 0.490. The van der Waals surface area contributed by atoms with Gasteiger partial charge in [-0.25, -0.2) is 0 Å². The van der Waals surface area contributed by atoms with Gasteiger partial charge in [0.25, 0.3) is 0 Å². The summed E-state index contributed by atoms with van der Waals surface area (Å²) in [6.07, 6.45) is 21.5. The molecule has 0 aromatic rings. The van der Waals surface area contributed by atoms with Crippen LogP contribution in [0.3, 0.4) is 0 Å². The third-order valence-electron chi connectivity index (χ3n) is 5.87. The van der Waals surface area contributed by atoms with Crippen LogP contribution in [-0.2, 0) is 0 Å². The van der Waals surface area contributed by atoms with Crippen molar-refractivity contribution >= 4 is 22.6 Å². The van der Waals surface area contributed by atoms with Crippen LogP contribution in [0.5, 0.6) is 0 Å². The summed E-state index contributed by atoms with van der Waals surface area (Å²) in [6, 6.07) is 0. The summed E-state index contributed by atoms with van der Waals surface area (Å²) >= 11 is 2.47. The van der Waals surface area contributed by atoms with Crippen LogP contribution in [0.1, 0.15) is 39.5 Å². The molecule has 0 radical (unpaired) electrons. The molecule has 0 saturated carbocycles. The predicted octanol–water partition coefficient (Wildman–Crippen LogP) is 6.44. The molecule has 1 unspecified atom stereocenters. The molecule has 0 saturated heterocycles. The minimum Gasteiger partial charge on any atom is -0.0842 e. The zero-order chi connectivity index (χ0) is 15.3. The summed E-state index contributed by atoms with van der Waals surface area (Å²) in [5.41, 5.74) is 6.83. The van der Waals surface area contributed by atoms with Crippen LogP contribution < -0.4 is 0 Å². The molecule has 22 heavy (non-hydrogen) atoms. The number of halogens is 1. The standard InChI is InChI=1S/C21H23I/c1-21(2)19-12-15(14-6-4-3-5-7-14)8-10-17(19)18-11-9-16(22)13-20(18)21/h3-4,6,8-10,13,15,18H,5,7,11-12H2,1-2H3/t15-,18?/m0/s1. The second-order valence-electron chi connectivity index (χ2n) is 7.41. The fourth-order valence-electron chi connectivity index (χ4n) is 4.60. The van der Waals surface area contributed by atoms with Crippen LogP contribution in [0.25, 0.3) is 0 Å². The van der Waals surface area contributed by atoms with E-state index in [0.717, 1.165) is 0 Å². The van der Waals surface area contributed by atoms with Gasteiger partial charge in [0.1, 0.15) is 0 Å². The lowest BCUT2D eigenvalue weighted by Gasteiger charge is -2.31. The molecule has 0 amide bonds. The fraction of sp³-hybridized carbons (Fsp3) is 0.429. The van der Waals surface area contributed by atoms with Crippen LogP contribution >= 0.6 is 22.6 Å². The van der Waals surface area contributed by atoms with Crippen LogP contribution in [-0.4, -0.2) is 0 Å². The Morgan fingerprint density at radius 1 is 1.27 bits per heavy atom. The molecular formula is C21H23I. The van der Waals surface area contributed by atoms with Crippen molar-refractivity contribution in [3.8, 4) is 0 Å². The van der Waals surface area contributed by atoms with Gasteiger partial charge in [-0.1, -0.05) is 67.0 Å². The second-order valence-corrected chi connectivity index (χ2v) is 8.66. The maximum atomic E-state index is 2.48. The van der Waals surface area contributed by atoms with Gasteiger partial charge in [-0.05, 0) is 59.9 Å². The van der Waals surface area contributed by atoms with Crippen molar-refractivity contribution in [2.45, 2.75) is 39.5 Å². The maximum absolute atomic E-state index is 2.48. The fourth-order valence-corrected chi connectivity index (χ4v) is 5.19. The highest BCUT2D eigenvalue weighted by molar-refractivity contribution is 14.1. The Hall–Kier alpha value is -0.830. The highest BCUT2D eigenvalue weighted by atomic mass is 127. The summed E-state index contributed by atoms with van der Waals surface area (Å²) in [7, 11) is 0. The Balaban J connectivity index is 1.69. The summed E-state index contributed by atoms with van der Waals surface area (Å²) < 4.78 is 1.41. The van der Waals surface area contributed by atoms with E-state index < -0.39 is 0 Å². The van der Waals surface area contributed by atoms with Crippen molar-refractivity contribution in [2.75, 3.05) is 0 Å². The molecular weight excluding hydrogens is 379 g/mol. The smallest absolute Gasteiger partial charge is 0.00950 e. The third kappa shape index (κ3) is 2.24. The molecule has 114 valence electrons. The molecule has 1 heteroatoms. The highest BCUT2D eigenvalue weighted by Crippen LogP contribution is 2.57. The minimum absolute atomic E-state index is 0.235. The summed E-state index contributed by atoms with van der Waals surface area (Å²) in [6.45, 7) is 4.88. The van der Waals surface area contributed by atoms with Crippen molar-refractivity contribution < 1.29 is 0 Å². The number of hydrogen-bond donors (Lipinski definition) is 0. The lowest BCUT2D eigenvalue weighted by atomic mass is 9.73. The summed E-state index contributed by atoms with van der Waals surface area (Å²) in [5.74, 6) is 1.26. The number of allylic oxidation sites excluding steroid dienone is 12.